The molecule has 1 aliphatic rings. The Labute approximate surface area is 221 Å². The number of carboxylic acid groups (broad SMARTS) is 1. The number of aliphatic carboxylic acids is 1. The Bertz CT molecular complexity index is 1490. The Morgan fingerprint density at radius 3 is 2.62 bits per heavy atom. The van der Waals surface area contributed by atoms with Crippen LogP contribution in [0.3, 0.4) is 0 Å². The Morgan fingerprint density at radius 1 is 1.05 bits per heavy atom. The Balaban J connectivity index is 1.28. The van der Waals surface area contributed by atoms with Crippen molar-refractivity contribution in [1.82, 2.24) is 9.97 Å². The molecule has 1 amide bonds. The number of hydrogen-bond acceptors (Lipinski definition) is 6. The van der Waals surface area contributed by atoms with Crippen LogP contribution in [0.5, 0.6) is 17.2 Å². The van der Waals surface area contributed by atoms with Crippen molar-refractivity contribution in [3.05, 3.63) is 94.1 Å². The van der Waals surface area contributed by atoms with Crippen LogP contribution in [-0.2, 0) is 4.79 Å². The lowest BCUT2D eigenvalue weighted by Crippen LogP contribution is -2.20. The maximum absolute atomic E-state index is 12.7. The van der Waals surface area contributed by atoms with E-state index < -0.39 is 17.8 Å². The van der Waals surface area contributed by atoms with E-state index in [4.69, 9.17) is 32.7 Å². The maximum atomic E-state index is 12.7. The van der Waals surface area contributed by atoms with Crippen molar-refractivity contribution in [2.24, 2.45) is 0 Å². The van der Waals surface area contributed by atoms with Gasteiger partial charge in [0, 0.05) is 34.0 Å². The fraction of sp³-hybridized carbons (Fsp3) is 0.111. The normalized spacial score (nSPS) is 14.3. The number of amides is 1. The lowest BCUT2D eigenvalue weighted by Gasteiger charge is -2.24. The third kappa shape index (κ3) is 5.50. The molecule has 0 spiro atoms. The molecule has 10 heteroatoms. The molecule has 186 valence electrons. The van der Waals surface area contributed by atoms with Gasteiger partial charge in [0.1, 0.15) is 17.2 Å². The molecule has 8 nitrogen and oxygen atoms in total. The summed E-state index contributed by atoms with van der Waals surface area (Å²) < 4.78 is 11.5. The standard InChI is InChI=1S/C27H19Cl2N3O5/c28-17-3-1-2-16(12-17)22-8-10-30-27(31-22)32-25(33)15-4-6-18(7-5-15)37-24-14-23-20(13-21(24)29)19(26(34)35)9-11-36-23/h1-8,10,12-14,19H,9,11H2,(H,34,35)(H,30,31,32,33). The molecule has 3 aromatic carbocycles. The minimum Gasteiger partial charge on any atom is -0.493 e. The quantitative estimate of drug-likeness (QED) is 0.292. The van der Waals surface area contributed by atoms with E-state index in [1.807, 2.05) is 12.1 Å². The van der Waals surface area contributed by atoms with Gasteiger partial charge < -0.3 is 14.6 Å². The van der Waals surface area contributed by atoms with Crippen molar-refractivity contribution < 1.29 is 24.2 Å². The van der Waals surface area contributed by atoms with Crippen LogP contribution in [0.4, 0.5) is 5.95 Å². The van der Waals surface area contributed by atoms with Crippen LogP contribution in [0, 0.1) is 0 Å². The minimum absolute atomic E-state index is 0.156. The van der Waals surface area contributed by atoms with Gasteiger partial charge in [-0.1, -0.05) is 35.3 Å². The number of nitrogens with zero attached hydrogens (tertiary/aromatic N) is 2. The fourth-order valence-electron chi connectivity index (χ4n) is 3.93. The van der Waals surface area contributed by atoms with E-state index in [1.54, 1.807) is 60.8 Å². The maximum Gasteiger partial charge on any atom is 0.311 e. The highest BCUT2D eigenvalue weighted by Gasteiger charge is 2.29. The first-order valence-corrected chi connectivity index (χ1v) is 12.0. The molecule has 0 saturated carbocycles. The summed E-state index contributed by atoms with van der Waals surface area (Å²) in [5, 5.41) is 13.0. The molecular weight excluding hydrogens is 517 g/mol. The highest BCUT2D eigenvalue weighted by atomic mass is 35.5. The van der Waals surface area contributed by atoms with Gasteiger partial charge in [-0.05, 0) is 55.0 Å². The van der Waals surface area contributed by atoms with Crippen LogP contribution in [0.2, 0.25) is 10.0 Å². The first-order valence-electron chi connectivity index (χ1n) is 11.2. The first-order chi connectivity index (χ1) is 17.9. The number of carbonyl (C=O) groups excluding carboxylic acids is 1. The zero-order valence-corrected chi connectivity index (χ0v) is 20.7. The second-order valence-electron chi connectivity index (χ2n) is 8.20. The van der Waals surface area contributed by atoms with E-state index in [-0.39, 0.29) is 11.0 Å². The van der Waals surface area contributed by atoms with Crippen LogP contribution in [0.1, 0.15) is 28.3 Å². The molecular formula is C27H19Cl2N3O5. The second kappa shape index (κ2) is 10.5. The molecule has 4 aromatic rings. The van der Waals surface area contributed by atoms with Gasteiger partial charge >= 0.3 is 5.97 Å². The molecule has 0 saturated heterocycles. The smallest absolute Gasteiger partial charge is 0.311 e. The summed E-state index contributed by atoms with van der Waals surface area (Å²) in [6.45, 7) is 0.292. The topological polar surface area (TPSA) is 111 Å². The lowest BCUT2D eigenvalue weighted by molar-refractivity contribution is -0.139. The Kier molecular flexibility index (Phi) is 6.94. The zero-order chi connectivity index (χ0) is 25.9. The number of aromatic nitrogens is 2. The van der Waals surface area contributed by atoms with Crippen LogP contribution >= 0.6 is 23.2 Å². The predicted octanol–water partition coefficient (Wildman–Crippen LogP) is 6.45. The van der Waals surface area contributed by atoms with Gasteiger partial charge in [-0.2, -0.15) is 0 Å². The van der Waals surface area contributed by atoms with Crippen LogP contribution in [0.15, 0.2) is 72.9 Å². The van der Waals surface area contributed by atoms with E-state index in [0.717, 1.165) is 5.56 Å². The summed E-state index contributed by atoms with van der Waals surface area (Å²) in [5.74, 6) is -0.668. The number of halogens is 2. The molecule has 5 rings (SSSR count). The lowest BCUT2D eigenvalue weighted by atomic mass is 9.93. The number of benzene rings is 3. The number of fused-ring (bicyclic) bond motifs is 1. The molecule has 0 aliphatic carbocycles. The first kappa shape index (κ1) is 24.5. The van der Waals surface area contributed by atoms with Gasteiger partial charge in [-0.25, -0.2) is 9.97 Å². The highest BCUT2D eigenvalue weighted by Crippen LogP contribution is 2.41. The molecule has 1 unspecified atom stereocenters. The Hall–Kier alpha value is -4.14. The Morgan fingerprint density at radius 2 is 1.86 bits per heavy atom. The number of carboxylic acids is 1. The fourth-order valence-corrected chi connectivity index (χ4v) is 4.33. The van der Waals surface area contributed by atoms with Gasteiger partial charge in [-0.15, -0.1) is 0 Å². The number of hydrogen-bond donors (Lipinski definition) is 2. The molecule has 37 heavy (non-hydrogen) atoms. The van der Waals surface area contributed by atoms with Crippen molar-refractivity contribution in [3.8, 4) is 28.5 Å². The van der Waals surface area contributed by atoms with E-state index in [0.29, 0.717) is 52.1 Å². The zero-order valence-electron chi connectivity index (χ0n) is 19.2. The monoisotopic (exact) mass is 535 g/mol. The molecule has 1 aliphatic heterocycles. The number of anilines is 1. The number of rotatable bonds is 6. The van der Waals surface area contributed by atoms with Crippen molar-refractivity contribution >= 4 is 41.0 Å². The summed E-state index contributed by atoms with van der Waals surface area (Å²) in [7, 11) is 0. The van der Waals surface area contributed by atoms with Gasteiger partial charge in [0.05, 0.1) is 23.2 Å². The van der Waals surface area contributed by atoms with E-state index in [2.05, 4.69) is 15.3 Å². The van der Waals surface area contributed by atoms with Gasteiger partial charge in [-0.3, -0.25) is 14.9 Å². The van der Waals surface area contributed by atoms with E-state index in [1.165, 1.54) is 0 Å². The molecule has 2 heterocycles. The molecule has 0 bridgehead atoms. The number of ether oxygens (including phenoxy) is 2. The average Bonchev–Trinajstić information content (AvgIpc) is 2.89. The highest BCUT2D eigenvalue weighted by molar-refractivity contribution is 6.32. The summed E-state index contributed by atoms with van der Waals surface area (Å²) in [4.78, 5) is 32.8. The van der Waals surface area contributed by atoms with Crippen LogP contribution in [0.25, 0.3) is 11.3 Å². The predicted molar refractivity (Wildman–Crippen MR) is 139 cm³/mol. The van der Waals surface area contributed by atoms with Crippen molar-refractivity contribution in [1.29, 1.82) is 0 Å². The van der Waals surface area contributed by atoms with Crippen molar-refractivity contribution in [2.75, 3.05) is 11.9 Å². The molecule has 0 radical (unpaired) electrons. The SMILES string of the molecule is O=C(Nc1nccc(-c2cccc(Cl)c2)n1)c1ccc(Oc2cc3c(cc2Cl)C(C(=O)O)CCO3)cc1. The number of carbonyl (C=O) groups is 2. The summed E-state index contributed by atoms with van der Waals surface area (Å²) in [6, 6.07) is 18.5. The summed E-state index contributed by atoms with van der Waals surface area (Å²) in [5.41, 5.74) is 2.31. The van der Waals surface area contributed by atoms with Gasteiger partial charge in [0.2, 0.25) is 5.95 Å². The molecule has 1 atom stereocenters. The molecule has 2 N–H and O–H groups in total. The van der Waals surface area contributed by atoms with E-state index in [9.17, 15) is 14.7 Å². The second-order valence-corrected chi connectivity index (χ2v) is 9.05. The van der Waals surface area contributed by atoms with Crippen LogP contribution < -0.4 is 14.8 Å². The van der Waals surface area contributed by atoms with Crippen molar-refractivity contribution in [3.63, 3.8) is 0 Å². The molecule has 1 aromatic heterocycles. The van der Waals surface area contributed by atoms with Crippen LogP contribution in [-0.4, -0.2) is 33.6 Å². The third-order valence-corrected chi connectivity index (χ3v) is 6.28. The average molecular weight is 536 g/mol. The molecule has 0 fully saturated rings. The van der Waals surface area contributed by atoms with Crippen molar-refractivity contribution in [2.45, 2.75) is 12.3 Å². The third-order valence-electron chi connectivity index (χ3n) is 5.75. The summed E-state index contributed by atoms with van der Waals surface area (Å²) >= 11 is 12.4. The van der Waals surface area contributed by atoms with E-state index >= 15 is 0 Å². The largest absolute Gasteiger partial charge is 0.493 e. The minimum atomic E-state index is -0.926. The summed E-state index contributed by atoms with van der Waals surface area (Å²) in [6.07, 6.45) is 1.93. The van der Waals surface area contributed by atoms with Gasteiger partial charge in [0.25, 0.3) is 5.91 Å². The number of nitrogens with one attached hydrogen (secondary N) is 1. The van der Waals surface area contributed by atoms with Gasteiger partial charge in [0.15, 0.2) is 0 Å².